The zero-order valence-electron chi connectivity index (χ0n) is 9.99. The molecule has 1 saturated heterocycles. The molecule has 0 spiro atoms. The largest absolute Gasteiger partial charge is 0.394 e. The van der Waals surface area contributed by atoms with E-state index < -0.39 is 42.4 Å². The van der Waals surface area contributed by atoms with Crippen molar-refractivity contribution >= 4 is 15.9 Å². The Labute approximate surface area is 120 Å². The highest BCUT2D eigenvalue weighted by atomic mass is 79.9. The summed E-state index contributed by atoms with van der Waals surface area (Å²) in [5, 5.41) is 28.5. The lowest BCUT2D eigenvalue weighted by atomic mass is 10.1. The van der Waals surface area contributed by atoms with Crippen LogP contribution in [0.4, 0.5) is 0 Å². The first kappa shape index (κ1) is 15.0. The van der Waals surface area contributed by atoms with Gasteiger partial charge in [0.1, 0.15) is 23.9 Å². The molecule has 9 heteroatoms. The molecule has 4 N–H and O–H groups in total. The molecule has 0 saturated carbocycles. The third-order valence-corrected chi connectivity index (χ3v) is 3.14. The molecule has 2 rings (SSSR count). The van der Waals surface area contributed by atoms with E-state index in [2.05, 4.69) is 26.7 Å². The van der Waals surface area contributed by atoms with Gasteiger partial charge in [-0.2, -0.15) is 0 Å². The normalized spacial score (nSPS) is 29.0. The van der Waals surface area contributed by atoms with Gasteiger partial charge in [-0.15, -0.1) is 0 Å². The summed E-state index contributed by atoms with van der Waals surface area (Å²) in [6.07, 6.45) is -3.87. The molecule has 1 aliphatic rings. The molecule has 0 bridgehead atoms. The highest BCUT2D eigenvalue weighted by Crippen LogP contribution is 2.27. The van der Waals surface area contributed by atoms with Crippen LogP contribution in [0, 0.1) is 10.8 Å². The summed E-state index contributed by atoms with van der Waals surface area (Å²) < 4.78 is 6.12. The second-order valence-corrected chi connectivity index (χ2v) is 4.55. The van der Waals surface area contributed by atoms with Gasteiger partial charge in [-0.25, -0.2) is 4.79 Å². The van der Waals surface area contributed by atoms with Crippen LogP contribution in [0.1, 0.15) is 11.8 Å². The van der Waals surface area contributed by atoms with E-state index >= 15 is 0 Å². The molecule has 1 fully saturated rings. The SMILES string of the molecule is O=c1[nH]c(=O)n([C@H]2O[C@H](CO)[C@@H](O)[C@H]2O)cc1C#CBr. The van der Waals surface area contributed by atoms with E-state index in [0.29, 0.717) is 0 Å². The summed E-state index contributed by atoms with van der Waals surface area (Å²) in [6.45, 7) is -0.513. The molecular weight excluding hydrogens is 336 g/mol. The average molecular weight is 347 g/mol. The van der Waals surface area contributed by atoms with Crippen molar-refractivity contribution in [2.75, 3.05) is 6.61 Å². The van der Waals surface area contributed by atoms with Gasteiger partial charge < -0.3 is 20.1 Å². The van der Waals surface area contributed by atoms with Gasteiger partial charge in [0.05, 0.1) is 6.61 Å². The van der Waals surface area contributed by atoms with Gasteiger partial charge in [0.25, 0.3) is 5.56 Å². The van der Waals surface area contributed by atoms with Gasteiger partial charge in [0, 0.05) is 22.1 Å². The Balaban J connectivity index is 2.47. The highest BCUT2D eigenvalue weighted by Gasteiger charge is 2.43. The fraction of sp³-hybridized carbons (Fsp3) is 0.455. The number of H-pyrrole nitrogens is 1. The summed E-state index contributed by atoms with van der Waals surface area (Å²) in [5.74, 6) is 2.43. The second-order valence-electron chi connectivity index (χ2n) is 4.16. The third-order valence-electron chi connectivity index (χ3n) is 2.94. The molecule has 1 aromatic rings. The van der Waals surface area contributed by atoms with Crippen molar-refractivity contribution in [2.45, 2.75) is 24.5 Å². The van der Waals surface area contributed by atoms with Crippen molar-refractivity contribution in [3.05, 3.63) is 32.6 Å². The first-order valence-electron chi connectivity index (χ1n) is 5.59. The van der Waals surface area contributed by atoms with Crippen molar-refractivity contribution < 1.29 is 20.1 Å². The number of aromatic amines is 1. The van der Waals surface area contributed by atoms with E-state index in [1.165, 1.54) is 0 Å². The fourth-order valence-corrected chi connectivity index (χ4v) is 2.14. The maximum atomic E-state index is 11.7. The van der Waals surface area contributed by atoms with Crippen molar-refractivity contribution in [1.82, 2.24) is 9.55 Å². The summed E-state index contributed by atoms with van der Waals surface area (Å²) in [5.41, 5.74) is -1.51. The number of aliphatic hydroxyl groups is 3. The topological polar surface area (TPSA) is 125 Å². The molecule has 2 heterocycles. The van der Waals surface area contributed by atoms with Crippen molar-refractivity contribution in [1.29, 1.82) is 0 Å². The summed E-state index contributed by atoms with van der Waals surface area (Å²) in [6, 6.07) is 0. The Morgan fingerprint density at radius 1 is 1.40 bits per heavy atom. The van der Waals surface area contributed by atoms with Gasteiger partial charge in [0.2, 0.25) is 0 Å². The molecule has 20 heavy (non-hydrogen) atoms. The third kappa shape index (κ3) is 2.56. The van der Waals surface area contributed by atoms with Crippen LogP contribution >= 0.6 is 15.9 Å². The molecule has 0 unspecified atom stereocenters. The Kier molecular flexibility index (Phi) is 4.42. The Hall–Kier alpha value is -1.44. The van der Waals surface area contributed by atoms with Crippen molar-refractivity contribution in [2.24, 2.45) is 0 Å². The number of aromatic nitrogens is 2. The molecule has 8 nitrogen and oxygen atoms in total. The summed E-state index contributed by atoms with van der Waals surface area (Å²) in [4.78, 5) is 27.6. The zero-order chi connectivity index (χ0) is 14.9. The standard InChI is InChI=1S/C11H11BrN2O6/c12-2-1-5-3-14(11(19)13-9(5)18)10-8(17)7(16)6(4-15)20-10/h3,6-8,10,15-17H,4H2,(H,13,18,19)/t6-,7-,8-,10+/m1/s1. The van der Waals surface area contributed by atoms with Gasteiger partial charge in [-0.3, -0.25) is 14.3 Å². The number of aliphatic hydroxyl groups excluding tert-OH is 3. The minimum Gasteiger partial charge on any atom is -0.394 e. The van der Waals surface area contributed by atoms with Crippen LogP contribution in [0.25, 0.3) is 0 Å². The second kappa shape index (κ2) is 5.90. The number of hydrogen-bond donors (Lipinski definition) is 4. The molecule has 0 radical (unpaired) electrons. The van der Waals surface area contributed by atoms with Gasteiger partial charge in [-0.1, -0.05) is 0 Å². The van der Waals surface area contributed by atoms with E-state index in [1.54, 1.807) is 0 Å². The van der Waals surface area contributed by atoms with Crippen LogP contribution in [0.3, 0.4) is 0 Å². The van der Waals surface area contributed by atoms with Crippen LogP contribution in [0.2, 0.25) is 0 Å². The first-order chi connectivity index (χ1) is 9.49. The molecule has 0 amide bonds. The number of nitrogens with zero attached hydrogens (tertiary/aromatic N) is 1. The smallest absolute Gasteiger partial charge is 0.330 e. The van der Waals surface area contributed by atoms with Crippen LogP contribution < -0.4 is 11.2 Å². The maximum absolute atomic E-state index is 11.7. The lowest BCUT2D eigenvalue weighted by Crippen LogP contribution is -2.38. The van der Waals surface area contributed by atoms with Crippen LogP contribution in [0.5, 0.6) is 0 Å². The number of hydrogen-bond acceptors (Lipinski definition) is 6. The average Bonchev–Trinajstić information content (AvgIpc) is 2.70. The minimum atomic E-state index is -1.42. The highest BCUT2D eigenvalue weighted by molar-refractivity contribution is 9.12. The molecule has 108 valence electrons. The first-order valence-corrected chi connectivity index (χ1v) is 6.38. The van der Waals surface area contributed by atoms with E-state index in [4.69, 9.17) is 9.84 Å². The van der Waals surface area contributed by atoms with Gasteiger partial charge >= 0.3 is 5.69 Å². The molecule has 0 aromatic carbocycles. The quantitative estimate of drug-likeness (QED) is 0.452. The zero-order valence-corrected chi connectivity index (χ0v) is 11.6. The molecule has 1 aromatic heterocycles. The van der Waals surface area contributed by atoms with Gasteiger partial charge in [-0.05, 0) is 10.8 Å². The van der Waals surface area contributed by atoms with Crippen LogP contribution in [-0.2, 0) is 4.74 Å². The predicted molar refractivity (Wildman–Crippen MR) is 70.1 cm³/mol. The molecule has 1 aliphatic heterocycles. The molecular formula is C11H11BrN2O6. The van der Waals surface area contributed by atoms with E-state index in [-0.39, 0.29) is 5.56 Å². The Morgan fingerprint density at radius 3 is 2.65 bits per heavy atom. The minimum absolute atomic E-state index is 0.0146. The lowest BCUT2D eigenvalue weighted by Gasteiger charge is -2.17. The van der Waals surface area contributed by atoms with Crippen LogP contribution in [0.15, 0.2) is 15.8 Å². The van der Waals surface area contributed by atoms with E-state index in [9.17, 15) is 19.8 Å². The van der Waals surface area contributed by atoms with Gasteiger partial charge in [0.15, 0.2) is 6.23 Å². The maximum Gasteiger partial charge on any atom is 0.330 e. The fourth-order valence-electron chi connectivity index (χ4n) is 1.92. The van der Waals surface area contributed by atoms with Crippen LogP contribution in [-0.4, -0.2) is 49.8 Å². The van der Waals surface area contributed by atoms with Crippen molar-refractivity contribution in [3.8, 4) is 10.8 Å². The van der Waals surface area contributed by atoms with E-state index in [1.807, 2.05) is 4.98 Å². The summed E-state index contributed by atoms with van der Waals surface area (Å²) in [7, 11) is 0. The monoisotopic (exact) mass is 346 g/mol. The molecule has 0 aliphatic carbocycles. The molecule has 4 atom stereocenters. The number of halogens is 1. The number of nitrogens with one attached hydrogen (secondary N) is 1. The predicted octanol–water partition coefficient (Wildman–Crippen LogP) is -2.15. The van der Waals surface area contributed by atoms with E-state index in [0.717, 1.165) is 10.8 Å². The lowest BCUT2D eigenvalue weighted by molar-refractivity contribution is -0.0550. The number of ether oxygens (including phenoxy) is 1. The summed E-state index contributed by atoms with van der Waals surface area (Å²) >= 11 is 2.83. The van der Waals surface area contributed by atoms with Crippen molar-refractivity contribution in [3.63, 3.8) is 0 Å². The Bertz CT molecular complexity index is 672. The number of rotatable bonds is 2. The Morgan fingerprint density at radius 2 is 2.10 bits per heavy atom.